The van der Waals surface area contributed by atoms with Crippen molar-refractivity contribution in [1.29, 1.82) is 0 Å². The average Bonchev–Trinajstić information content (AvgIpc) is 2.58. The Morgan fingerprint density at radius 1 is 1.35 bits per heavy atom. The standard InChI is InChI=1S/C14H27N3/c1-6-8-15-11-14(4,5)10-13-9-12(3)16-17(13)7-2/h9,15H,6-8,10-11H2,1-5H3. The summed E-state index contributed by atoms with van der Waals surface area (Å²) >= 11 is 0. The van der Waals surface area contributed by atoms with Gasteiger partial charge in [0.05, 0.1) is 5.69 Å². The largest absolute Gasteiger partial charge is 0.316 e. The molecule has 1 N–H and O–H groups in total. The normalized spacial score (nSPS) is 12.1. The van der Waals surface area contributed by atoms with Crippen LogP contribution < -0.4 is 5.32 Å². The van der Waals surface area contributed by atoms with Crippen LogP contribution in [0.1, 0.15) is 45.5 Å². The van der Waals surface area contributed by atoms with Gasteiger partial charge >= 0.3 is 0 Å². The van der Waals surface area contributed by atoms with Gasteiger partial charge in [0.1, 0.15) is 0 Å². The fourth-order valence-electron chi connectivity index (χ4n) is 2.17. The third kappa shape index (κ3) is 4.50. The van der Waals surface area contributed by atoms with Crippen LogP contribution in [0.3, 0.4) is 0 Å². The Kier molecular flexibility index (Phi) is 5.19. The molecule has 0 aromatic carbocycles. The van der Waals surface area contributed by atoms with E-state index >= 15 is 0 Å². The summed E-state index contributed by atoms with van der Waals surface area (Å²) in [4.78, 5) is 0. The minimum absolute atomic E-state index is 0.286. The summed E-state index contributed by atoms with van der Waals surface area (Å²) in [6.07, 6.45) is 2.28. The van der Waals surface area contributed by atoms with Crippen LogP contribution in [-0.2, 0) is 13.0 Å². The highest BCUT2D eigenvalue weighted by atomic mass is 15.3. The quantitative estimate of drug-likeness (QED) is 0.739. The van der Waals surface area contributed by atoms with Crippen LogP contribution in [0, 0.1) is 12.3 Å². The first-order valence-electron chi connectivity index (χ1n) is 6.72. The molecule has 1 aromatic rings. The number of aryl methyl sites for hydroxylation is 2. The van der Waals surface area contributed by atoms with Gasteiger partial charge in [0.2, 0.25) is 0 Å². The SMILES string of the molecule is CCCNCC(C)(C)Cc1cc(C)nn1CC. The third-order valence-corrected chi connectivity index (χ3v) is 2.98. The van der Waals surface area contributed by atoms with E-state index in [1.165, 1.54) is 12.1 Å². The van der Waals surface area contributed by atoms with Crippen LogP contribution in [0.5, 0.6) is 0 Å². The lowest BCUT2D eigenvalue weighted by atomic mass is 9.87. The summed E-state index contributed by atoms with van der Waals surface area (Å²) in [5.74, 6) is 0. The van der Waals surface area contributed by atoms with E-state index < -0.39 is 0 Å². The second kappa shape index (κ2) is 6.20. The van der Waals surface area contributed by atoms with Gasteiger partial charge in [-0.1, -0.05) is 20.8 Å². The molecule has 1 rings (SSSR count). The molecule has 98 valence electrons. The molecule has 0 radical (unpaired) electrons. The summed E-state index contributed by atoms with van der Waals surface area (Å²) in [7, 11) is 0. The Labute approximate surface area is 106 Å². The molecule has 1 aromatic heterocycles. The van der Waals surface area contributed by atoms with Crippen molar-refractivity contribution >= 4 is 0 Å². The van der Waals surface area contributed by atoms with E-state index in [1.54, 1.807) is 0 Å². The molecule has 17 heavy (non-hydrogen) atoms. The van der Waals surface area contributed by atoms with Gasteiger partial charge < -0.3 is 5.32 Å². The second-order valence-corrected chi connectivity index (χ2v) is 5.61. The van der Waals surface area contributed by atoms with Crippen molar-refractivity contribution in [2.75, 3.05) is 13.1 Å². The Morgan fingerprint density at radius 3 is 2.65 bits per heavy atom. The Bertz CT molecular complexity index is 339. The molecule has 0 fully saturated rings. The van der Waals surface area contributed by atoms with Gasteiger partial charge in [0.15, 0.2) is 0 Å². The number of hydrogen-bond acceptors (Lipinski definition) is 2. The highest BCUT2D eigenvalue weighted by Gasteiger charge is 2.20. The smallest absolute Gasteiger partial charge is 0.0596 e. The predicted molar refractivity (Wildman–Crippen MR) is 73.3 cm³/mol. The van der Waals surface area contributed by atoms with E-state index in [2.05, 4.69) is 55.8 Å². The molecule has 0 aliphatic rings. The molecule has 0 aliphatic heterocycles. The molecule has 0 saturated carbocycles. The molecular weight excluding hydrogens is 210 g/mol. The lowest BCUT2D eigenvalue weighted by molar-refractivity contribution is 0.329. The van der Waals surface area contributed by atoms with Crippen molar-refractivity contribution in [2.45, 2.75) is 54.0 Å². The Morgan fingerprint density at radius 2 is 2.06 bits per heavy atom. The summed E-state index contributed by atoms with van der Waals surface area (Å²) < 4.78 is 2.12. The van der Waals surface area contributed by atoms with Crippen LogP contribution in [0.2, 0.25) is 0 Å². The van der Waals surface area contributed by atoms with Gasteiger partial charge in [-0.05, 0) is 44.7 Å². The molecule has 0 amide bonds. The van der Waals surface area contributed by atoms with Crippen molar-refractivity contribution in [3.05, 3.63) is 17.5 Å². The summed E-state index contributed by atoms with van der Waals surface area (Å²) in [5, 5.41) is 8.02. The average molecular weight is 237 g/mol. The van der Waals surface area contributed by atoms with Crippen LogP contribution in [0.15, 0.2) is 6.07 Å². The van der Waals surface area contributed by atoms with Crippen molar-refractivity contribution in [3.63, 3.8) is 0 Å². The first-order chi connectivity index (χ1) is 7.98. The zero-order valence-corrected chi connectivity index (χ0v) is 12.0. The maximum absolute atomic E-state index is 4.51. The number of nitrogens with zero attached hydrogens (tertiary/aromatic N) is 2. The van der Waals surface area contributed by atoms with Gasteiger partial charge in [-0.15, -0.1) is 0 Å². The maximum Gasteiger partial charge on any atom is 0.0596 e. The number of aromatic nitrogens is 2. The minimum atomic E-state index is 0.286. The number of hydrogen-bond donors (Lipinski definition) is 1. The van der Waals surface area contributed by atoms with Crippen LogP contribution in [-0.4, -0.2) is 22.9 Å². The van der Waals surface area contributed by atoms with Crippen LogP contribution in [0.4, 0.5) is 0 Å². The molecule has 1 heterocycles. The monoisotopic (exact) mass is 237 g/mol. The first kappa shape index (κ1) is 14.2. The molecule has 0 unspecified atom stereocenters. The maximum atomic E-state index is 4.51. The van der Waals surface area contributed by atoms with E-state index in [0.717, 1.165) is 31.7 Å². The van der Waals surface area contributed by atoms with Gasteiger partial charge in [-0.2, -0.15) is 5.10 Å². The summed E-state index contributed by atoms with van der Waals surface area (Å²) in [6, 6.07) is 2.21. The first-order valence-corrected chi connectivity index (χ1v) is 6.72. The number of nitrogens with one attached hydrogen (secondary N) is 1. The highest BCUT2D eigenvalue weighted by molar-refractivity contribution is 5.11. The zero-order valence-electron chi connectivity index (χ0n) is 12.0. The van der Waals surface area contributed by atoms with Gasteiger partial charge in [0.25, 0.3) is 0 Å². The highest BCUT2D eigenvalue weighted by Crippen LogP contribution is 2.21. The fraction of sp³-hybridized carbons (Fsp3) is 0.786. The molecule has 0 aliphatic carbocycles. The molecule has 3 nitrogen and oxygen atoms in total. The van der Waals surface area contributed by atoms with E-state index in [-0.39, 0.29) is 5.41 Å². The Hall–Kier alpha value is -0.830. The van der Waals surface area contributed by atoms with Gasteiger partial charge in [-0.25, -0.2) is 0 Å². The van der Waals surface area contributed by atoms with Crippen LogP contribution >= 0.6 is 0 Å². The lowest BCUT2D eigenvalue weighted by Crippen LogP contribution is -2.32. The molecule has 3 heteroatoms. The Balaban J connectivity index is 2.61. The van der Waals surface area contributed by atoms with Gasteiger partial charge in [-0.3, -0.25) is 4.68 Å². The molecular formula is C14H27N3. The van der Waals surface area contributed by atoms with Crippen molar-refractivity contribution < 1.29 is 0 Å². The van der Waals surface area contributed by atoms with Crippen LogP contribution in [0.25, 0.3) is 0 Å². The molecule has 0 atom stereocenters. The molecule has 0 bridgehead atoms. The van der Waals surface area contributed by atoms with E-state index in [0.29, 0.717) is 0 Å². The molecule has 0 saturated heterocycles. The lowest BCUT2D eigenvalue weighted by Gasteiger charge is -2.25. The zero-order chi connectivity index (χ0) is 12.9. The minimum Gasteiger partial charge on any atom is -0.316 e. The topological polar surface area (TPSA) is 29.9 Å². The predicted octanol–water partition coefficient (Wildman–Crippen LogP) is 2.78. The van der Waals surface area contributed by atoms with E-state index in [1.807, 2.05) is 0 Å². The molecule has 0 spiro atoms. The van der Waals surface area contributed by atoms with Gasteiger partial charge in [0, 0.05) is 18.8 Å². The third-order valence-electron chi connectivity index (χ3n) is 2.98. The number of rotatable bonds is 7. The van der Waals surface area contributed by atoms with Crippen molar-refractivity contribution in [2.24, 2.45) is 5.41 Å². The fourth-order valence-corrected chi connectivity index (χ4v) is 2.17. The summed E-state index contributed by atoms with van der Waals surface area (Å²) in [6.45, 7) is 14.2. The van der Waals surface area contributed by atoms with E-state index in [9.17, 15) is 0 Å². The van der Waals surface area contributed by atoms with Crippen molar-refractivity contribution in [3.8, 4) is 0 Å². The van der Waals surface area contributed by atoms with E-state index in [4.69, 9.17) is 0 Å². The second-order valence-electron chi connectivity index (χ2n) is 5.61. The summed E-state index contributed by atoms with van der Waals surface area (Å²) in [5.41, 5.74) is 2.77. The van der Waals surface area contributed by atoms with Crippen molar-refractivity contribution in [1.82, 2.24) is 15.1 Å².